The third-order valence-corrected chi connectivity index (χ3v) is 1.77. The van der Waals surface area contributed by atoms with Crippen molar-refractivity contribution in [2.45, 2.75) is 60.3 Å². The Bertz CT molecular complexity index is 178. The second-order valence-electron chi connectivity index (χ2n) is 3.24. The maximum absolute atomic E-state index is 3.88. The summed E-state index contributed by atoms with van der Waals surface area (Å²) in [5.41, 5.74) is 1.21. The van der Waals surface area contributed by atoms with E-state index in [0.717, 1.165) is 0 Å². The lowest BCUT2D eigenvalue weighted by Gasteiger charge is -1.86. The molecular formula is C14H27N. The van der Waals surface area contributed by atoms with Crippen LogP contribution in [0.3, 0.4) is 0 Å². The van der Waals surface area contributed by atoms with Crippen LogP contribution in [-0.2, 0) is 0 Å². The third kappa shape index (κ3) is 15.9. The van der Waals surface area contributed by atoms with Gasteiger partial charge in [0.05, 0.1) is 0 Å². The van der Waals surface area contributed by atoms with Crippen LogP contribution in [0.4, 0.5) is 0 Å². The number of hydrogen-bond donors (Lipinski definition) is 0. The van der Waals surface area contributed by atoms with Crippen LogP contribution < -0.4 is 0 Å². The smallest absolute Gasteiger partial charge is 0.0297 e. The average Bonchev–Trinajstić information content (AvgIpc) is 2.31. The Kier molecular flexibility index (Phi) is 17.3. The number of aryl methyl sites for hydroxylation is 1. The van der Waals surface area contributed by atoms with Crippen molar-refractivity contribution in [3.63, 3.8) is 0 Å². The summed E-state index contributed by atoms with van der Waals surface area (Å²) < 4.78 is 0. The van der Waals surface area contributed by atoms with Gasteiger partial charge in [-0.15, -0.1) is 0 Å². The molecule has 1 rings (SSSR count). The first kappa shape index (κ1) is 16.6. The van der Waals surface area contributed by atoms with Gasteiger partial charge in [-0.1, -0.05) is 59.4 Å². The highest BCUT2D eigenvalue weighted by Crippen LogP contribution is 1.95. The Morgan fingerprint density at radius 1 is 1.07 bits per heavy atom. The summed E-state index contributed by atoms with van der Waals surface area (Å²) in [7, 11) is 0. The largest absolute Gasteiger partial charge is 0.264 e. The molecule has 1 heterocycles. The third-order valence-electron chi connectivity index (χ3n) is 1.77. The van der Waals surface area contributed by atoms with E-state index < -0.39 is 0 Å². The standard InChI is InChI=1S/C6H7N.C6H14.C2H6/c1-6-3-2-4-7-5-6;1-3-5-6-4-2;1-2/h2-5H,1H3;3-6H2,1-2H3;1-2H3. The number of nitrogens with zero attached hydrogens (tertiary/aromatic N) is 1. The summed E-state index contributed by atoms with van der Waals surface area (Å²) in [6.07, 6.45) is 9.14. The van der Waals surface area contributed by atoms with Gasteiger partial charge in [-0.2, -0.15) is 0 Å². The van der Waals surface area contributed by atoms with Crippen molar-refractivity contribution in [2.24, 2.45) is 0 Å². The molecule has 0 spiro atoms. The summed E-state index contributed by atoms with van der Waals surface area (Å²) >= 11 is 0. The van der Waals surface area contributed by atoms with Crippen LogP contribution in [0.2, 0.25) is 0 Å². The van der Waals surface area contributed by atoms with Crippen molar-refractivity contribution in [3.8, 4) is 0 Å². The summed E-state index contributed by atoms with van der Waals surface area (Å²) in [6.45, 7) is 10.5. The second-order valence-corrected chi connectivity index (χ2v) is 3.24. The summed E-state index contributed by atoms with van der Waals surface area (Å²) in [5.74, 6) is 0. The van der Waals surface area contributed by atoms with Crippen LogP contribution in [0.5, 0.6) is 0 Å². The molecule has 0 aliphatic heterocycles. The molecule has 15 heavy (non-hydrogen) atoms. The molecule has 1 heteroatoms. The molecule has 0 saturated heterocycles. The van der Waals surface area contributed by atoms with E-state index in [2.05, 4.69) is 18.8 Å². The molecule has 0 fully saturated rings. The van der Waals surface area contributed by atoms with Gasteiger partial charge >= 0.3 is 0 Å². The Hall–Kier alpha value is -0.850. The second kappa shape index (κ2) is 15.6. The molecule has 0 N–H and O–H groups in total. The molecule has 1 aromatic heterocycles. The lowest BCUT2D eigenvalue weighted by molar-refractivity contribution is 0.702. The maximum atomic E-state index is 3.88. The van der Waals surface area contributed by atoms with Gasteiger partial charge in [0.2, 0.25) is 0 Å². The SMILES string of the molecule is CC.CCCCCC.Cc1cccnc1. The minimum absolute atomic E-state index is 1.21. The fourth-order valence-electron chi connectivity index (χ4n) is 0.948. The van der Waals surface area contributed by atoms with Gasteiger partial charge in [-0.05, 0) is 18.6 Å². The lowest BCUT2D eigenvalue weighted by Crippen LogP contribution is -1.69. The minimum atomic E-state index is 1.21. The Labute approximate surface area is 95.9 Å². The molecule has 1 nitrogen and oxygen atoms in total. The van der Waals surface area contributed by atoms with Crippen LogP contribution in [0.1, 0.15) is 58.9 Å². The summed E-state index contributed by atoms with van der Waals surface area (Å²) in [4.78, 5) is 3.88. The molecule has 0 aliphatic rings. The molecule has 1 aromatic rings. The monoisotopic (exact) mass is 209 g/mol. The zero-order chi connectivity index (χ0) is 11.9. The first-order chi connectivity index (χ1) is 7.31. The van der Waals surface area contributed by atoms with Crippen molar-refractivity contribution in [3.05, 3.63) is 30.1 Å². The predicted molar refractivity (Wildman–Crippen MR) is 70.1 cm³/mol. The van der Waals surface area contributed by atoms with E-state index in [9.17, 15) is 0 Å². The predicted octanol–water partition coefficient (Wildman–Crippen LogP) is 5.00. The summed E-state index contributed by atoms with van der Waals surface area (Å²) in [6, 6.07) is 3.95. The van der Waals surface area contributed by atoms with Gasteiger partial charge in [-0.25, -0.2) is 0 Å². The Morgan fingerprint density at radius 3 is 1.80 bits per heavy atom. The average molecular weight is 209 g/mol. The molecule has 0 saturated carbocycles. The molecular weight excluding hydrogens is 182 g/mol. The molecule has 0 radical (unpaired) electrons. The number of hydrogen-bond acceptors (Lipinski definition) is 1. The van der Waals surface area contributed by atoms with E-state index in [1.165, 1.54) is 31.2 Å². The van der Waals surface area contributed by atoms with Crippen LogP contribution in [0, 0.1) is 6.92 Å². The first-order valence-electron chi connectivity index (χ1n) is 6.17. The lowest BCUT2D eigenvalue weighted by atomic mass is 10.2. The fraction of sp³-hybridized carbons (Fsp3) is 0.643. The van der Waals surface area contributed by atoms with E-state index in [1.807, 2.05) is 39.1 Å². The van der Waals surface area contributed by atoms with E-state index >= 15 is 0 Å². The highest BCUT2D eigenvalue weighted by atomic mass is 14.6. The molecule has 88 valence electrons. The van der Waals surface area contributed by atoms with Crippen molar-refractivity contribution in [1.29, 1.82) is 0 Å². The number of unbranched alkanes of at least 4 members (excludes halogenated alkanes) is 3. The highest BCUT2D eigenvalue weighted by molar-refractivity contribution is 5.04. The Balaban J connectivity index is 0. The molecule has 0 amide bonds. The number of aromatic nitrogens is 1. The Morgan fingerprint density at radius 2 is 1.60 bits per heavy atom. The quantitative estimate of drug-likeness (QED) is 0.638. The number of pyridine rings is 1. The van der Waals surface area contributed by atoms with Gasteiger partial charge in [-0.3, -0.25) is 4.98 Å². The van der Waals surface area contributed by atoms with Crippen molar-refractivity contribution in [1.82, 2.24) is 4.98 Å². The highest BCUT2D eigenvalue weighted by Gasteiger charge is 1.75. The van der Waals surface area contributed by atoms with Crippen molar-refractivity contribution in [2.75, 3.05) is 0 Å². The van der Waals surface area contributed by atoms with Crippen LogP contribution >= 0.6 is 0 Å². The van der Waals surface area contributed by atoms with E-state index in [-0.39, 0.29) is 0 Å². The maximum Gasteiger partial charge on any atom is 0.0297 e. The minimum Gasteiger partial charge on any atom is -0.264 e. The van der Waals surface area contributed by atoms with Crippen molar-refractivity contribution >= 4 is 0 Å². The van der Waals surface area contributed by atoms with Gasteiger partial charge < -0.3 is 0 Å². The zero-order valence-electron chi connectivity index (χ0n) is 11.1. The fourth-order valence-corrected chi connectivity index (χ4v) is 0.948. The normalized spacial score (nSPS) is 8.07. The summed E-state index contributed by atoms with van der Waals surface area (Å²) in [5, 5.41) is 0. The number of rotatable bonds is 3. The van der Waals surface area contributed by atoms with Gasteiger partial charge in [0.25, 0.3) is 0 Å². The molecule has 0 atom stereocenters. The zero-order valence-corrected chi connectivity index (χ0v) is 11.1. The van der Waals surface area contributed by atoms with Crippen LogP contribution in [0.15, 0.2) is 24.5 Å². The molecule has 0 aliphatic carbocycles. The molecule has 0 aromatic carbocycles. The van der Waals surface area contributed by atoms with Crippen molar-refractivity contribution < 1.29 is 0 Å². The van der Waals surface area contributed by atoms with E-state index in [4.69, 9.17) is 0 Å². The molecule has 0 unspecified atom stereocenters. The van der Waals surface area contributed by atoms with Gasteiger partial charge in [0.1, 0.15) is 0 Å². The topological polar surface area (TPSA) is 12.9 Å². The van der Waals surface area contributed by atoms with Gasteiger partial charge in [0.15, 0.2) is 0 Å². The van der Waals surface area contributed by atoms with Gasteiger partial charge in [0, 0.05) is 12.4 Å². The van der Waals surface area contributed by atoms with E-state index in [0.29, 0.717) is 0 Å². The first-order valence-corrected chi connectivity index (χ1v) is 6.17. The van der Waals surface area contributed by atoms with Crippen LogP contribution in [0.25, 0.3) is 0 Å². The van der Waals surface area contributed by atoms with Crippen LogP contribution in [-0.4, -0.2) is 4.98 Å². The van der Waals surface area contributed by atoms with E-state index in [1.54, 1.807) is 6.20 Å². The molecule has 0 bridgehead atoms.